The number of nitrogens with one attached hydrogen (secondary N) is 2. The van der Waals surface area contributed by atoms with Gasteiger partial charge in [-0.25, -0.2) is 0 Å². The fraction of sp³-hybridized carbons (Fsp3) is 0. The highest BCUT2D eigenvalue weighted by atomic mass is 35.5. The van der Waals surface area contributed by atoms with Crippen LogP contribution in [0.2, 0.25) is 10.0 Å². The van der Waals surface area contributed by atoms with Gasteiger partial charge in [0.2, 0.25) is 0 Å². The van der Waals surface area contributed by atoms with Crippen LogP contribution in [-0.4, -0.2) is 23.4 Å². The average Bonchev–Trinajstić information content (AvgIpc) is 2.88. The van der Waals surface area contributed by atoms with Crippen LogP contribution in [0.5, 0.6) is 0 Å². The van der Waals surface area contributed by atoms with Gasteiger partial charge < -0.3 is 10.6 Å². The Bertz CT molecular complexity index is 1440. The number of rotatable bonds is 4. The number of anilines is 2. The van der Waals surface area contributed by atoms with Crippen LogP contribution in [0.3, 0.4) is 0 Å². The maximum atomic E-state index is 13.5. The molecule has 0 aliphatic heterocycles. The Labute approximate surface area is 215 Å². The van der Waals surface area contributed by atoms with Crippen molar-refractivity contribution in [3.63, 3.8) is 0 Å². The maximum absolute atomic E-state index is 13.5. The van der Waals surface area contributed by atoms with Gasteiger partial charge in [0.1, 0.15) is 0 Å². The summed E-state index contributed by atoms with van der Waals surface area (Å²) < 4.78 is 0. The molecular formula is C28H16Cl2N2O4. The van der Waals surface area contributed by atoms with Gasteiger partial charge in [-0.2, -0.15) is 0 Å². The number of carbonyl (C=O) groups is 4. The first-order chi connectivity index (χ1) is 17.3. The highest BCUT2D eigenvalue weighted by Gasteiger charge is 2.34. The first-order valence-corrected chi connectivity index (χ1v) is 11.6. The first kappa shape index (κ1) is 23.5. The van der Waals surface area contributed by atoms with Crippen molar-refractivity contribution in [1.29, 1.82) is 0 Å². The van der Waals surface area contributed by atoms with Crippen molar-refractivity contribution in [3.8, 4) is 0 Å². The van der Waals surface area contributed by atoms with E-state index in [9.17, 15) is 19.2 Å². The van der Waals surface area contributed by atoms with Gasteiger partial charge in [-0.1, -0.05) is 47.5 Å². The summed E-state index contributed by atoms with van der Waals surface area (Å²) in [7, 11) is 0. The molecule has 0 aromatic heterocycles. The standard InChI is InChI=1S/C28H16Cl2N2O4/c29-17-11-7-15(8-12-17)27(35)31-21-5-1-3-19-23(21)26(34)20-4-2-6-22(24(20)25(19)33)32-28(36)16-9-13-18(30)14-10-16/h1-14H,(H,31,35)(H,32,36). The van der Waals surface area contributed by atoms with Crippen molar-refractivity contribution in [2.45, 2.75) is 0 Å². The molecule has 2 N–H and O–H groups in total. The molecule has 2 amide bonds. The van der Waals surface area contributed by atoms with Crippen molar-refractivity contribution in [3.05, 3.63) is 128 Å². The second-order valence-corrected chi connectivity index (χ2v) is 8.91. The number of carbonyl (C=O) groups excluding carboxylic acids is 4. The molecule has 36 heavy (non-hydrogen) atoms. The quantitative estimate of drug-likeness (QED) is 0.295. The molecule has 5 rings (SSSR count). The Morgan fingerprint density at radius 3 is 1.25 bits per heavy atom. The summed E-state index contributed by atoms with van der Waals surface area (Å²) in [5, 5.41) is 6.42. The van der Waals surface area contributed by atoms with Gasteiger partial charge in [0.05, 0.1) is 22.5 Å². The van der Waals surface area contributed by atoms with Crippen molar-refractivity contribution in [2.24, 2.45) is 0 Å². The van der Waals surface area contributed by atoms with Gasteiger partial charge in [0.25, 0.3) is 11.8 Å². The fourth-order valence-corrected chi connectivity index (χ4v) is 4.29. The fourth-order valence-electron chi connectivity index (χ4n) is 4.04. The third-order valence-electron chi connectivity index (χ3n) is 5.78. The van der Waals surface area contributed by atoms with Crippen LogP contribution < -0.4 is 10.6 Å². The summed E-state index contributed by atoms with van der Waals surface area (Å²) in [6.45, 7) is 0. The molecule has 0 bridgehead atoms. The zero-order valence-corrected chi connectivity index (χ0v) is 20.0. The molecule has 0 fully saturated rings. The normalized spacial score (nSPS) is 11.9. The number of hydrogen-bond donors (Lipinski definition) is 2. The molecule has 4 aromatic rings. The van der Waals surface area contributed by atoms with Crippen molar-refractivity contribution in [1.82, 2.24) is 0 Å². The number of amides is 2. The third-order valence-corrected chi connectivity index (χ3v) is 6.29. The smallest absolute Gasteiger partial charge is 0.255 e. The van der Waals surface area contributed by atoms with E-state index in [0.29, 0.717) is 21.2 Å². The highest BCUT2D eigenvalue weighted by Crippen LogP contribution is 2.35. The summed E-state index contributed by atoms with van der Waals surface area (Å²) in [5.41, 5.74) is 1.58. The second-order valence-electron chi connectivity index (χ2n) is 8.04. The number of halogens is 2. The Kier molecular flexibility index (Phi) is 6.14. The molecule has 0 unspecified atom stereocenters. The Hall–Kier alpha value is -4.26. The third kappa shape index (κ3) is 4.28. The molecule has 4 aromatic carbocycles. The minimum absolute atomic E-state index is 0.0958. The van der Waals surface area contributed by atoms with Crippen LogP contribution in [0.1, 0.15) is 52.6 Å². The van der Waals surface area contributed by atoms with Crippen molar-refractivity contribution < 1.29 is 19.2 Å². The Morgan fingerprint density at radius 2 is 0.889 bits per heavy atom. The van der Waals surface area contributed by atoms with Crippen LogP contribution in [-0.2, 0) is 0 Å². The van der Waals surface area contributed by atoms with Crippen molar-refractivity contribution >= 4 is 58.0 Å². The molecule has 0 heterocycles. The minimum atomic E-state index is -0.449. The highest BCUT2D eigenvalue weighted by molar-refractivity contribution is 6.33. The van der Waals surface area contributed by atoms with Gasteiger partial charge in [-0.05, 0) is 60.7 Å². The number of ketones is 2. The average molecular weight is 515 g/mol. The van der Waals surface area contributed by atoms with E-state index in [-0.39, 0.29) is 33.6 Å². The second kappa shape index (κ2) is 9.41. The van der Waals surface area contributed by atoms with E-state index >= 15 is 0 Å². The first-order valence-electron chi connectivity index (χ1n) is 10.8. The lowest BCUT2D eigenvalue weighted by molar-refractivity contribution is 0.0977. The summed E-state index contributed by atoms with van der Waals surface area (Å²) in [6.07, 6.45) is 0. The molecule has 176 valence electrons. The number of hydrogen-bond acceptors (Lipinski definition) is 4. The maximum Gasteiger partial charge on any atom is 0.255 e. The number of fused-ring (bicyclic) bond motifs is 2. The molecule has 0 radical (unpaired) electrons. The van der Waals surface area contributed by atoms with Gasteiger partial charge in [0.15, 0.2) is 11.6 Å². The van der Waals surface area contributed by atoms with Gasteiger partial charge in [-0.3, -0.25) is 19.2 Å². The molecule has 0 atom stereocenters. The van der Waals surface area contributed by atoms with E-state index in [1.807, 2.05) is 0 Å². The SMILES string of the molecule is O=C(Nc1cccc2c1C(=O)c1cccc(NC(=O)c3ccc(Cl)cc3)c1C2=O)c1ccc(Cl)cc1. The molecule has 6 nitrogen and oxygen atoms in total. The molecule has 0 saturated carbocycles. The lowest BCUT2D eigenvalue weighted by atomic mass is 9.82. The summed E-state index contributed by atoms with van der Waals surface area (Å²) in [4.78, 5) is 52.6. The van der Waals surface area contributed by atoms with E-state index in [1.165, 1.54) is 12.1 Å². The predicted molar refractivity (Wildman–Crippen MR) is 139 cm³/mol. The van der Waals surface area contributed by atoms with Crippen LogP contribution in [0, 0.1) is 0 Å². The van der Waals surface area contributed by atoms with Crippen molar-refractivity contribution in [2.75, 3.05) is 10.6 Å². The summed E-state index contributed by atoms with van der Waals surface area (Å²) >= 11 is 11.8. The van der Waals surface area contributed by atoms with Crippen LogP contribution >= 0.6 is 23.2 Å². The zero-order chi connectivity index (χ0) is 25.4. The largest absolute Gasteiger partial charge is 0.321 e. The lowest BCUT2D eigenvalue weighted by Crippen LogP contribution is -2.26. The van der Waals surface area contributed by atoms with E-state index < -0.39 is 23.4 Å². The van der Waals surface area contributed by atoms with Gasteiger partial charge >= 0.3 is 0 Å². The zero-order valence-electron chi connectivity index (χ0n) is 18.5. The van der Waals surface area contributed by atoms with E-state index in [4.69, 9.17) is 23.2 Å². The molecule has 1 aliphatic carbocycles. The van der Waals surface area contributed by atoms with Gasteiger partial charge in [0, 0.05) is 32.3 Å². The molecule has 0 saturated heterocycles. The Morgan fingerprint density at radius 1 is 0.528 bits per heavy atom. The Balaban J connectivity index is 1.49. The molecule has 0 spiro atoms. The topological polar surface area (TPSA) is 92.3 Å². The van der Waals surface area contributed by atoms with Crippen LogP contribution in [0.25, 0.3) is 0 Å². The van der Waals surface area contributed by atoms with Gasteiger partial charge in [-0.15, -0.1) is 0 Å². The lowest BCUT2D eigenvalue weighted by Gasteiger charge is -2.22. The predicted octanol–water partition coefficient (Wildman–Crippen LogP) is 6.27. The molecule has 1 aliphatic rings. The van der Waals surface area contributed by atoms with E-state index in [2.05, 4.69) is 10.6 Å². The summed E-state index contributed by atoms with van der Waals surface area (Å²) in [5.74, 6) is -1.77. The minimum Gasteiger partial charge on any atom is -0.321 e. The van der Waals surface area contributed by atoms with Crippen LogP contribution in [0.4, 0.5) is 11.4 Å². The monoisotopic (exact) mass is 514 g/mol. The molecule has 8 heteroatoms. The molecular weight excluding hydrogens is 499 g/mol. The van der Waals surface area contributed by atoms with E-state index in [0.717, 1.165) is 0 Å². The van der Waals surface area contributed by atoms with Crippen LogP contribution in [0.15, 0.2) is 84.9 Å². The number of benzene rings is 4. The van der Waals surface area contributed by atoms with E-state index in [1.54, 1.807) is 72.8 Å². The summed E-state index contributed by atoms with van der Waals surface area (Å²) in [6, 6.07) is 21.9.